The fraction of sp³-hybridized carbons (Fsp3) is 0.708. The molecule has 0 spiro atoms. The first-order valence-corrected chi connectivity index (χ1v) is 11.9. The molecule has 0 radical (unpaired) electrons. The molecule has 6 nitrogen and oxygen atoms in total. The van der Waals surface area contributed by atoms with Crippen molar-refractivity contribution in [1.82, 2.24) is 20.4 Å². The predicted octanol–water partition coefficient (Wildman–Crippen LogP) is 2.63. The van der Waals surface area contributed by atoms with Gasteiger partial charge in [-0.05, 0) is 58.2 Å². The summed E-state index contributed by atoms with van der Waals surface area (Å²) in [6.07, 6.45) is 4.83. The van der Waals surface area contributed by atoms with E-state index in [-0.39, 0.29) is 0 Å². The maximum atomic E-state index is 4.43. The van der Waals surface area contributed by atoms with E-state index >= 15 is 0 Å². The Balaban J connectivity index is 1.24. The number of likely N-dealkylation sites (tertiary alicyclic amines) is 1. The van der Waals surface area contributed by atoms with Crippen molar-refractivity contribution in [2.24, 2.45) is 4.99 Å². The molecule has 2 fully saturated rings. The maximum Gasteiger partial charge on any atom is 0.191 e. The van der Waals surface area contributed by atoms with E-state index in [1.807, 2.05) is 7.05 Å². The summed E-state index contributed by atoms with van der Waals surface area (Å²) >= 11 is 0. The summed E-state index contributed by atoms with van der Waals surface area (Å²) in [7, 11) is 1.88. The molecule has 6 heteroatoms. The summed E-state index contributed by atoms with van der Waals surface area (Å²) in [6.45, 7) is 13.7. The zero-order valence-electron chi connectivity index (χ0n) is 19.3. The minimum absolute atomic E-state index is 0.548. The summed E-state index contributed by atoms with van der Waals surface area (Å²) in [5.74, 6) is 0.967. The van der Waals surface area contributed by atoms with Crippen LogP contribution in [-0.4, -0.2) is 87.2 Å². The molecule has 1 aromatic rings. The van der Waals surface area contributed by atoms with Gasteiger partial charge in [-0.2, -0.15) is 0 Å². The van der Waals surface area contributed by atoms with Gasteiger partial charge in [0, 0.05) is 70.6 Å². The van der Waals surface area contributed by atoms with Crippen LogP contribution in [0, 0.1) is 0 Å². The summed E-state index contributed by atoms with van der Waals surface area (Å²) in [6, 6.07) is 12.0. The van der Waals surface area contributed by atoms with E-state index in [1.165, 1.54) is 64.1 Å². The number of benzene rings is 1. The van der Waals surface area contributed by atoms with E-state index in [0.717, 1.165) is 25.6 Å². The van der Waals surface area contributed by atoms with Gasteiger partial charge >= 0.3 is 0 Å². The smallest absolute Gasteiger partial charge is 0.191 e. The molecule has 0 bridgehead atoms. The van der Waals surface area contributed by atoms with Gasteiger partial charge < -0.3 is 20.4 Å². The van der Waals surface area contributed by atoms with E-state index < -0.39 is 0 Å². The van der Waals surface area contributed by atoms with Crippen molar-refractivity contribution in [3.8, 4) is 0 Å². The van der Waals surface area contributed by atoms with Crippen molar-refractivity contribution in [2.75, 3.05) is 64.3 Å². The Morgan fingerprint density at radius 2 is 1.70 bits per heavy atom. The molecule has 0 amide bonds. The number of hydrogen-bond acceptors (Lipinski definition) is 4. The van der Waals surface area contributed by atoms with Gasteiger partial charge in [-0.1, -0.05) is 18.2 Å². The van der Waals surface area contributed by atoms with E-state index in [2.05, 4.69) is 74.5 Å². The first kappa shape index (κ1) is 22.9. The first-order valence-electron chi connectivity index (χ1n) is 11.9. The van der Waals surface area contributed by atoms with Gasteiger partial charge in [0.25, 0.3) is 0 Å². The number of nitrogens with zero attached hydrogens (tertiary/aromatic N) is 4. The molecule has 0 aromatic heterocycles. The van der Waals surface area contributed by atoms with Crippen LogP contribution in [0.5, 0.6) is 0 Å². The Labute approximate surface area is 183 Å². The van der Waals surface area contributed by atoms with E-state index in [0.29, 0.717) is 12.1 Å². The van der Waals surface area contributed by atoms with Gasteiger partial charge in [-0.3, -0.25) is 9.89 Å². The summed E-state index contributed by atoms with van der Waals surface area (Å²) in [5, 5.41) is 7.14. The van der Waals surface area contributed by atoms with Gasteiger partial charge in [0.1, 0.15) is 0 Å². The lowest BCUT2D eigenvalue weighted by Crippen LogP contribution is -2.50. The molecule has 0 aliphatic carbocycles. The Hall–Kier alpha value is -1.79. The molecule has 1 aromatic carbocycles. The standard InChI is InChI=1S/C24H42N6/c1-21(2)29-15-11-22(12-16-29)27-24(25-3)26-13-7-8-14-28-17-19-30(20-18-28)23-9-5-4-6-10-23/h4-6,9-10,21-22H,7-8,11-20H2,1-3H3,(H2,25,26,27). The molecular weight excluding hydrogens is 372 g/mol. The van der Waals surface area contributed by atoms with Crippen LogP contribution >= 0.6 is 0 Å². The molecule has 2 aliphatic rings. The molecule has 2 aliphatic heterocycles. The Bertz CT molecular complexity index is 616. The average molecular weight is 415 g/mol. The molecule has 30 heavy (non-hydrogen) atoms. The molecular formula is C24H42N6. The largest absolute Gasteiger partial charge is 0.369 e. The predicted molar refractivity (Wildman–Crippen MR) is 129 cm³/mol. The van der Waals surface area contributed by atoms with Crippen LogP contribution in [0.2, 0.25) is 0 Å². The van der Waals surface area contributed by atoms with Crippen LogP contribution in [0.4, 0.5) is 5.69 Å². The van der Waals surface area contributed by atoms with Crippen LogP contribution in [-0.2, 0) is 0 Å². The zero-order valence-corrected chi connectivity index (χ0v) is 19.3. The fourth-order valence-corrected chi connectivity index (χ4v) is 4.48. The Morgan fingerprint density at radius 1 is 1.00 bits per heavy atom. The van der Waals surface area contributed by atoms with Crippen LogP contribution in [0.15, 0.2) is 35.3 Å². The SMILES string of the molecule is CN=C(NCCCCN1CCN(c2ccccc2)CC1)NC1CCN(C(C)C)CC1. The van der Waals surface area contributed by atoms with Gasteiger partial charge in [0.15, 0.2) is 5.96 Å². The van der Waals surface area contributed by atoms with E-state index in [9.17, 15) is 0 Å². The monoisotopic (exact) mass is 414 g/mol. The quantitative estimate of drug-likeness (QED) is 0.389. The number of hydrogen-bond donors (Lipinski definition) is 2. The number of rotatable bonds is 8. The highest BCUT2D eigenvalue weighted by molar-refractivity contribution is 5.79. The average Bonchev–Trinajstić information content (AvgIpc) is 2.79. The van der Waals surface area contributed by atoms with Gasteiger partial charge in [-0.25, -0.2) is 0 Å². The lowest BCUT2D eigenvalue weighted by atomic mass is 10.0. The van der Waals surface area contributed by atoms with E-state index in [4.69, 9.17) is 0 Å². The zero-order chi connectivity index (χ0) is 21.2. The summed E-state index contributed by atoms with van der Waals surface area (Å²) in [5.41, 5.74) is 1.36. The van der Waals surface area contributed by atoms with Gasteiger partial charge in [0.05, 0.1) is 0 Å². The molecule has 0 unspecified atom stereocenters. The van der Waals surface area contributed by atoms with Crippen LogP contribution in [0.3, 0.4) is 0 Å². The molecule has 2 heterocycles. The van der Waals surface area contributed by atoms with Gasteiger partial charge in [0.2, 0.25) is 0 Å². The van der Waals surface area contributed by atoms with Crippen molar-refractivity contribution in [2.45, 2.75) is 51.6 Å². The first-order chi connectivity index (χ1) is 14.7. The molecule has 2 N–H and O–H groups in total. The second-order valence-corrected chi connectivity index (χ2v) is 8.92. The lowest BCUT2D eigenvalue weighted by Gasteiger charge is -2.36. The van der Waals surface area contributed by atoms with Crippen molar-refractivity contribution in [3.63, 3.8) is 0 Å². The molecule has 0 saturated carbocycles. The molecule has 168 valence electrons. The minimum atomic E-state index is 0.548. The number of piperidine rings is 1. The summed E-state index contributed by atoms with van der Waals surface area (Å²) in [4.78, 5) is 12.1. The number of unbranched alkanes of at least 4 members (excludes halogenated alkanes) is 1. The number of guanidine groups is 1. The second-order valence-electron chi connectivity index (χ2n) is 8.92. The van der Waals surface area contributed by atoms with Crippen molar-refractivity contribution in [3.05, 3.63) is 30.3 Å². The van der Waals surface area contributed by atoms with Crippen LogP contribution in [0.1, 0.15) is 39.5 Å². The second kappa shape index (κ2) is 12.2. The van der Waals surface area contributed by atoms with Crippen molar-refractivity contribution >= 4 is 11.6 Å². The maximum absolute atomic E-state index is 4.43. The van der Waals surface area contributed by atoms with Crippen molar-refractivity contribution < 1.29 is 0 Å². The highest BCUT2D eigenvalue weighted by atomic mass is 15.3. The van der Waals surface area contributed by atoms with Crippen molar-refractivity contribution in [1.29, 1.82) is 0 Å². The molecule has 3 rings (SSSR count). The molecule has 0 atom stereocenters. The van der Waals surface area contributed by atoms with Gasteiger partial charge in [-0.15, -0.1) is 0 Å². The summed E-state index contributed by atoms with van der Waals surface area (Å²) < 4.78 is 0. The fourth-order valence-electron chi connectivity index (χ4n) is 4.48. The highest BCUT2D eigenvalue weighted by Crippen LogP contribution is 2.16. The number of aliphatic imine (C=N–C) groups is 1. The lowest BCUT2D eigenvalue weighted by molar-refractivity contribution is 0.167. The normalized spacial score (nSPS) is 20.0. The number of anilines is 1. The van der Waals surface area contributed by atoms with E-state index in [1.54, 1.807) is 0 Å². The third-order valence-electron chi connectivity index (χ3n) is 6.51. The number of piperazine rings is 1. The third-order valence-corrected chi connectivity index (χ3v) is 6.51. The Kier molecular flexibility index (Phi) is 9.27. The number of nitrogens with one attached hydrogen (secondary N) is 2. The highest BCUT2D eigenvalue weighted by Gasteiger charge is 2.21. The van der Waals surface area contributed by atoms with Crippen LogP contribution < -0.4 is 15.5 Å². The van der Waals surface area contributed by atoms with Crippen LogP contribution in [0.25, 0.3) is 0 Å². The minimum Gasteiger partial charge on any atom is -0.369 e. The Morgan fingerprint density at radius 3 is 2.33 bits per heavy atom. The number of para-hydroxylation sites is 1. The molecule has 2 saturated heterocycles. The third kappa shape index (κ3) is 7.17. The topological polar surface area (TPSA) is 46.1 Å².